The predicted molar refractivity (Wildman–Crippen MR) is 92.6 cm³/mol. The molecule has 0 aliphatic heterocycles. The van der Waals surface area contributed by atoms with E-state index in [0.29, 0.717) is 17.9 Å². The molecule has 0 spiro atoms. The van der Waals surface area contributed by atoms with Crippen molar-refractivity contribution in [2.24, 2.45) is 12.5 Å². The van der Waals surface area contributed by atoms with E-state index in [4.69, 9.17) is 4.74 Å². The first-order valence-electron chi connectivity index (χ1n) is 8.57. The van der Waals surface area contributed by atoms with Crippen LogP contribution in [0, 0.1) is 5.41 Å². The highest BCUT2D eigenvalue weighted by molar-refractivity contribution is 5.90. The summed E-state index contributed by atoms with van der Waals surface area (Å²) in [5, 5.41) is 4.32. The Bertz CT molecular complexity index is 864. The molecule has 0 radical (unpaired) electrons. The summed E-state index contributed by atoms with van der Waals surface area (Å²) in [5.74, 6) is -0.425. The molecule has 1 aliphatic carbocycles. The lowest BCUT2D eigenvalue weighted by Gasteiger charge is -2.30. The molecule has 134 valence electrons. The van der Waals surface area contributed by atoms with Crippen molar-refractivity contribution in [3.63, 3.8) is 0 Å². The van der Waals surface area contributed by atoms with E-state index >= 15 is 0 Å². The smallest absolute Gasteiger partial charge is 0.341 e. The Morgan fingerprint density at radius 1 is 1.40 bits per heavy atom. The first kappa shape index (κ1) is 17.4. The number of aryl methyl sites for hydroxylation is 2. The number of aromatic nitrogens is 4. The molecule has 0 amide bonds. The van der Waals surface area contributed by atoms with Crippen molar-refractivity contribution >= 4 is 5.97 Å². The van der Waals surface area contributed by atoms with Gasteiger partial charge in [0.15, 0.2) is 0 Å². The van der Waals surface area contributed by atoms with Crippen LogP contribution in [0.5, 0.6) is 0 Å². The molecule has 2 aromatic heterocycles. The molecule has 0 unspecified atom stereocenters. The minimum absolute atomic E-state index is 0.0433. The molecule has 0 atom stereocenters. The van der Waals surface area contributed by atoms with Crippen LogP contribution in [0.2, 0.25) is 0 Å². The van der Waals surface area contributed by atoms with Crippen LogP contribution in [0.25, 0.3) is 0 Å². The summed E-state index contributed by atoms with van der Waals surface area (Å²) in [6, 6.07) is 0. The lowest BCUT2D eigenvalue weighted by atomic mass is 9.76. The van der Waals surface area contributed by atoms with E-state index in [9.17, 15) is 9.59 Å². The topological polar surface area (TPSA) is 79.0 Å². The fourth-order valence-corrected chi connectivity index (χ4v) is 3.29. The van der Waals surface area contributed by atoms with Crippen molar-refractivity contribution in [3.8, 4) is 0 Å². The first-order valence-corrected chi connectivity index (χ1v) is 8.57. The maximum absolute atomic E-state index is 12.9. The van der Waals surface area contributed by atoms with Gasteiger partial charge in [-0.2, -0.15) is 5.10 Å². The second kappa shape index (κ2) is 6.46. The number of hydrogen-bond acceptors (Lipinski definition) is 5. The van der Waals surface area contributed by atoms with Crippen LogP contribution >= 0.6 is 0 Å². The quantitative estimate of drug-likeness (QED) is 0.789. The summed E-state index contributed by atoms with van der Waals surface area (Å²) in [6.45, 7) is 6.60. The van der Waals surface area contributed by atoms with E-state index in [1.54, 1.807) is 31.2 Å². The Morgan fingerprint density at radius 2 is 2.16 bits per heavy atom. The lowest BCUT2D eigenvalue weighted by molar-refractivity contribution is 0.0525. The van der Waals surface area contributed by atoms with E-state index in [1.807, 2.05) is 0 Å². The van der Waals surface area contributed by atoms with Gasteiger partial charge in [0.2, 0.25) is 0 Å². The molecule has 3 rings (SSSR count). The van der Waals surface area contributed by atoms with Crippen molar-refractivity contribution in [1.29, 1.82) is 0 Å². The minimum Gasteiger partial charge on any atom is -0.462 e. The molecule has 7 nitrogen and oxygen atoms in total. The SMILES string of the molecule is CCOC(=O)c1cn(C)nc1Cn1cnc2c(c1=O)CC(C)(C)CC2. The van der Waals surface area contributed by atoms with Crippen LogP contribution in [0.3, 0.4) is 0 Å². The molecule has 0 saturated carbocycles. The highest BCUT2D eigenvalue weighted by atomic mass is 16.5. The van der Waals surface area contributed by atoms with Crippen LogP contribution in [-0.4, -0.2) is 31.9 Å². The Balaban J connectivity index is 1.95. The Hall–Kier alpha value is -2.44. The number of nitrogens with zero attached hydrogens (tertiary/aromatic N) is 4. The number of esters is 1. The number of fused-ring (bicyclic) bond motifs is 1. The second-order valence-corrected chi connectivity index (χ2v) is 7.33. The summed E-state index contributed by atoms with van der Waals surface area (Å²) in [6.07, 6.45) is 5.76. The minimum atomic E-state index is -0.425. The third-order valence-corrected chi connectivity index (χ3v) is 4.63. The summed E-state index contributed by atoms with van der Waals surface area (Å²) in [4.78, 5) is 29.5. The van der Waals surface area contributed by atoms with Crippen LogP contribution < -0.4 is 5.56 Å². The third-order valence-electron chi connectivity index (χ3n) is 4.63. The summed E-state index contributed by atoms with van der Waals surface area (Å²) in [5.41, 5.74) is 2.64. The highest BCUT2D eigenvalue weighted by Crippen LogP contribution is 2.32. The normalized spacial score (nSPS) is 15.7. The number of carbonyl (C=O) groups excluding carboxylic acids is 1. The van der Waals surface area contributed by atoms with E-state index in [1.165, 1.54) is 4.57 Å². The Kier molecular flexibility index (Phi) is 4.49. The molecule has 7 heteroatoms. The Labute approximate surface area is 146 Å². The molecule has 0 N–H and O–H groups in total. The predicted octanol–water partition coefficient (Wildman–Crippen LogP) is 1.72. The monoisotopic (exact) mass is 344 g/mol. The molecule has 0 bridgehead atoms. The van der Waals surface area contributed by atoms with E-state index in [-0.39, 0.29) is 17.5 Å². The highest BCUT2D eigenvalue weighted by Gasteiger charge is 2.29. The number of carbonyl (C=O) groups is 1. The fraction of sp³-hybridized carbons (Fsp3) is 0.556. The van der Waals surface area contributed by atoms with Gasteiger partial charge in [-0.25, -0.2) is 9.78 Å². The van der Waals surface area contributed by atoms with E-state index in [2.05, 4.69) is 23.9 Å². The van der Waals surface area contributed by atoms with E-state index < -0.39 is 5.97 Å². The summed E-state index contributed by atoms with van der Waals surface area (Å²) in [7, 11) is 1.74. The van der Waals surface area contributed by atoms with Gasteiger partial charge < -0.3 is 4.74 Å². The van der Waals surface area contributed by atoms with Gasteiger partial charge in [-0.05, 0) is 31.6 Å². The molecular weight excluding hydrogens is 320 g/mol. The van der Waals surface area contributed by atoms with Gasteiger partial charge >= 0.3 is 5.97 Å². The van der Waals surface area contributed by atoms with Crippen LogP contribution in [0.4, 0.5) is 0 Å². The zero-order chi connectivity index (χ0) is 18.2. The van der Waals surface area contributed by atoms with Crippen LogP contribution in [0.15, 0.2) is 17.3 Å². The number of hydrogen-bond donors (Lipinski definition) is 0. The number of ether oxygens (including phenoxy) is 1. The average Bonchev–Trinajstić information content (AvgIpc) is 2.91. The van der Waals surface area contributed by atoms with Crippen LogP contribution in [-0.2, 0) is 31.2 Å². The molecule has 1 aliphatic rings. The van der Waals surface area contributed by atoms with Gasteiger partial charge in [0.05, 0.1) is 30.9 Å². The van der Waals surface area contributed by atoms with E-state index in [0.717, 1.165) is 30.5 Å². The van der Waals surface area contributed by atoms with Crippen molar-refractivity contribution < 1.29 is 9.53 Å². The maximum atomic E-state index is 12.9. The summed E-state index contributed by atoms with van der Waals surface area (Å²) >= 11 is 0. The van der Waals surface area contributed by atoms with Gasteiger partial charge in [0.25, 0.3) is 5.56 Å². The molecular formula is C18H24N4O3. The molecule has 0 saturated heterocycles. The van der Waals surface area contributed by atoms with Gasteiger partial charge in [0, 0.05) is 18.8 Å². The van der Waals surface area contributed by atoms with Gasteiger partial charge in [-0.15, -0.1) is 0 Å². The van der Waals surface area contributed by atoms with Crippen LogP contribution in [0.1, 0.15) is 54.5 Å². The van der Waals surface area contributed by atoms with Gasteiger partial charge in [-0.1, -0.05) is 13.8 Å². The molecule has 0 fully saturated rings. The average molecular weight is 344 g/mol. The molecule has 0 aromatic carbocycles. The summed E-state index contributed by atoms with van der Waals surface area (Å²) < 4.78 is 8.16. The molecule has 2 heterocycles. The lowest BCUT2D eigenvalue weighted by Crippen LogP contribution is -2.34. The standard InChI is InChI=1S/C18H24N4O3/c1-5-25-17(24)13-9-21(4)20-15(13)10-22-11-19-14-6-7-18(2,3)8-12(14)16(22)23/h9,11H,5-8,10H2,1-4H3. The maximum Gasteiger partial charge on any atom is 0.341 e. The Morgan fingerprint density at radius 3 is 2.88 bits per heavy atom. The zero-order valence-corrected chi connectivity index (χ0v) is 15.2. The van der Waals surface area contributed by atoms with Gasteiger partial charge in [0.1, 0.15) is 5.56 Å². The number of rotatable bonds is 4. The first-order chi connectivity index (χ1) is 11.8. The molecule has 25 heavy (non-hydrogen) atoms. The third kappa shape index (κ3) is 3.50. The van der Waals surface area contributed by atoms with Crippen molar-refractivity contribution in [3.05, 3.63) is 45.4 Å². The van der Waals surface area contributed by atoms with Crippen molar-refractivity contribution in [1.82, 2.24) is 19.3 Å². The van der Waals surface area contributed by atoms with Gasteiger partial charge in [-0.3, -0.25) is 14.0 Å². The zero-order valence-electron chi connectivity index (χ0n) is 15.2. The van der Waals surface area contributed by atoms with Crippen molar-refractivity contribution in [2.75, 3.05) is 6.61 Å². The largest absolute Gasteiger partial charge is 0.462 e. The fourth-order valence-electron chi connectivity index (χ4n) is 3.29. The van der Waals surface area contributed by atoms with Crippen molar-refractivity contribution in [2.45, 2.75) is 46.6 Å². The second-order valence-electron chi connectivity index (χ2n) is 7.33. The molecule has 2 aromatic rings.